The van der Waals surface area contributed by atoms with E-state index in [4.69, 9.17) is 20.0 Å². The fourth-order valence-electron chi connectivity index (χ4n) is 3.06. The fourth-order valence-corrected chi connectivity index (χ4v) is 3.06. The Morgan fingerprint density at radius 2 is 1.07 bits per heavy atom. The highest BCUT2D eigenvalue weighted by atomic mass is 16.5. The van der Waals surface area contributed by atoms with Gasteiger partial charge in [0.05, 0.1) is 0 Å². The third-order valence-corrected chi connectivity index (χ3v) is 4.42. The number of nitriles is 2. The molecular weight excluding hydrogens is 336 g/mol. The molecule has 0 spiro atoms. The van der Waals surface area contributed by atoms with Crippen molar-refractivity contribution in [2.24, 2.45) is 0 Å². The first-order valence-corrected chi connectivity index (χ1v) is 8.95. The number of ether oxygens (including phenoxy) is 2. The lowest BCUT2D eigenvalue weighted by Crippen LogP contribution is -2.14. The van der Waals surface area contributed by atoms with Crippen molar-refractivity contribution in [3.63, 3.8) is 0 Å². The third kappa shape index (κ3) is 5.02. The van der Waals surface area contributed by atoms with Crippen molar-refractivity contribution in [3.8, 4) is 24.0 Å². The maximum Gasteiger partial charge on any atom is 0.292 e. The molecule has 0 atom stereocenters. The van der Waals surface area contributed by atoms with Gasteiger partial charge in [-0.05, 0) is 40.5 Å². The van der Waals surface area contributed by atoms with Gasteiger partial charge in [-0.25, -0.2) is 0 Å². The Balaban J connectivity index is 2.43. The molecule has 0 saturated heterocycles. The van der Waals surface area contributed by atoms with Crippen LogP contribution in [0.1, 0.15) is 63.8 Å². The molecule has 2 rings (SSSR count). The van der Waals surface area contributed by atoms with E-state index in [1.165, 1.54) is 0 Å². The molecule has 0 saturated carbocycles. The highest BCUT2D eigenvalue weighted by Gasteiger charge is 2.22. The molecule has 27 heavy (non-hydrogen) atoms. The van der Waals surface area contributed by atoms with E-state index < -0.39 is 0 Å². The van der Waals surface area contributed by atoms with E-state index in [0.717, 1.165) is 28.7 Å². The summed E-state index contributed by atoms with van der Waals surface area (Å²) in [6, 6.07) is 11.9. The summed E-state index contributed by atoms with van der Waals surface area (Å²) in [5, 5.41) is 17.8. The van der Waals surface area contributed by atoms with Gasteiger partial charge in [0, 0.05) is 11.1 Å². The molecule has 0 aliphatic rings. The molecule has 140 valence electrons. The summed E-state index contributed by atoms with van der Waals surface area (Å²) >= 11 is 0. The van der Waals surface area contributed by atoms with Crippen molar-refractivity contribution < 1.29 is 9.47 Å². The summed E-state index contributed by atoms with van der Waals surface area (Å²) in [6.07, 6.45) is 4.28. The summed E-state index contributed by atoms with van der Waals surface area (Å²) in [5.74, 6) is 1.20. The maximum absolute atomic E-state index is 8.88. The van der Waals surface area contributed by atoms with E-state index in [-0.39, 0.29) is 10.8 Å². The van der Waals surface area contributed by atoms with Crippen LogP contribution in [0.3, 0.4) is 0 Å². The van der Waals surface area contributed by atoms with E-state index in [1.807, 2.05) is 24.3 Å². The molecule has 4 nitrogen and oxygen atoms in total. The monoisotopic (exact) mass is 362 g/mol. The van der Waals surface area contributed by atoms with Crippen LogP contribution >= 0.6 is 0 Å². The van der Waals surface area contributed by atoms with Gasteiger partial charge in [-0.1, -0.05) is 65.8 Å². The summed E-state index contributed by atoms with van der Waals surface area (Å²) in [5.41, 5.74) is 4.01. The second-order valence-corrected chi connectivity index (χ2v) is 8.72. The zero-order valence-corrected chi connectivity index (χ0v) is 16.9. The Bertz CT molecular complexity index is 828. The summed E-state index contributed by atoms with van der Waals surface area (Å²) in [4.78, 5) is 0. The molecule has 0 bridgehead atoms. The molecule has 2 aromatic rings. The molecule has 0 aliphatic heterocycles. The van der Waals surface area contributed by atoms with Crippen LogP contribution in [0.15, 0.2) is 36.4 Å². The molecule has 0 aromatic heterocycles. The smallest absolute Gasteiger partial charge is 0.292 e. The zero-order valence-electron chi connectivity index (χ0n) is 16.9. The first kappa shape index (κ1) is 20.3. The SMILES string of the molecule is CC(C)(C)c1cc(Cc2ccc(OC#N)c(C(C)(C)C)c2)ccc1OC#N. The van der Waals surface area contributed by atoms with Crippen LogP contribution in [0.4, 0.5) is 0 Å². The van der Waals surface area contributed by atoms with Gasteiger partial charge < -0.3 is 9.47 Å². The van der Waals surface area contributed by atoms with E-state index in [2.05, 4.69) is 53.7 Å². The molecule has 0 heterocycles. The van der Waals surface area contributed by atoms with Gasteiger partial charge in [0.15, 0.2) is 0 Å². The van der Waals surface area contributed by atoms with E-state index >= 15 is 0 Å². The van der Waals surface area contributed by atoms with Crippen molar-refractivity contribution in [1.29, 1.82) is 10.5 Å². The second kappa shape index (κ2) is 7.72. The van der Waals surface area contributed by atoms with Gasteiger partial charge in [0.2, 0.25) is 0 Å². The molecule has 0 unspecified atom stereocenters. The fraction of sp³-hybridized carbons (Fsp3) is 0.391. The standard InChI is InChI=1S/C23H26N2O2/c1-22(2,3)18-12-16(7-9-20(18)26-14-24)11-17-8-10-21(27-15-25)19(13-17)23(4,5)6/h7-10,12-13H,11H2,1-6H3. The van der Waals surface area contributed by atoms with Crippen molar-refractivity contribution >= 4 is 0 Å². The van der Waals surface area contributed by atoms with Crippen LogP contribution in [-0.2, 0) is 17.3 Å². The summed E-state index contributed by atoms with van der Waals surface area (Å²) in [7, 11) is 0. The van der Waals surface area contributed by atoms with Crippen LogP contribution in [0.2, 0.25) is 0 Å². The van der Waals surface area contributed by atoms with Gasteiger partial charge >= 0.3 is 0 Å². The number of rotatable bonds is 4. The zero-order chi connectivity index (χ0) is 20.2. The first-order chi connectivity index (χ1) is 12.6. The number of hydrogen-bond acceptors (Lipinski definition) is 4. The molecule has 4 heteroatoms. The van der Waals surface area contributed by atoms with Crippen molar-refractivity contribution in [2.75, 3.05) is 0 Å². The lowest BCUT2D eigenvalue weighted by molar-refractivity contribution is 0.473. The number of hydrogen-bond donors (Lipinski definition) is 0. The van der Waals surface area contributed by atoms with Crippen molar-refractivity contribution in [3.05, 3.63) is 58.7 Å². The molecular formula is C23H26N2O2. The molecule has 0 radical (unpaired) electrons. The van der Waals surface area contributed by atoms with Crippen molar-refractivity contribution in [2.45, 2.75) is 58.8 Å². The minimum absolute atomic E-state index is 0.136. The Morgan fingerprint density at radius 1 is 0.704 bits per heavy atom. The molecule has 0 aliphatic carbocycles. The van der Waals surface area contributed by atoms with Crippen LogP contribution in [0.5, 0.6) is 11.5 Å². The van der Waals surface area contributed by atoms with E-state index in [1.54, 1.807) is 12.5 Å². The molecule has 0 fully saturated rings. The maximum atomic E-state index is 8.88. The van der Waals surface area contributed by atoms with Crippen LogP contribution in [0.25, 0.3) is 0 Å². The van der Waals surface area contributed by atoms with E-state index in [9.17, 15) is 0 Å². The van der Waals surface area contributed by atoms with Crippen molar-refractivity contribution in [1.82, 2.24) is 0 Å². The quantitative estimate of drug-likeness (QED) is 0.665. The molecule has 0 amide bonds. The van der Waals surface area contributed by atoms with Gasteiger partial charge in [0.25, 0.3) is 12.5 Å². The minimum atomic E-state index is -0.136. The van der Waals surface area contributed by atoms with Gasteiger partial charge in [-0.2, -0.15) is 0 Å². The predicted octanol–water partition coefficient (Wildman–Crippen LogP) is 5.59. The minimum Gasteiger partial charge on any atom is -0.388 e. The second-order valence-electron chi connectivity index (χ2n) is 8.72. The Labute approximate surface area is 162 Å². The number of benzene rings is 2. The van der Waals surface area contributed by atoms with Crippen LogP contribution in [-0.4, -0.2) is 0 Å². The summed E-state index contributed by atoms with van der Waals surface area (Å²) in [6.45, 7) is 12.6. The van der Waals surface area contributed by atoms with E-state index in [0.29, 0.717) is 11.5 Å². The third-order valence-electron chi connectivity index (χ3n) is 4.42. The first-order valence-electron chi connectivity index (χ1n) is 8.95. The largest absolute Gasteiger partial charge is 0.388 e. The lowest BCUT2D eigenvalue weighted by Gasteiger charge is -2.23. The van der Waals surface area contributed by atoms with Crippen LogP contribution in [0, 0.1) is 23.0 Å². The number of nitrogens with zero attached hydrogens (tertiary/aromatic N) is 2. The highest BCUT2D eigenvalue weighted by molar-refractivity contribution is 5.46. The molecule has 0 N–H and O–H groups in total. The summed E-state index contributed by atoms with van der Waals surface area (Å²) < 4.78 is 10.3. The predicted molar refractivity (Wildman–Crippen MR) is 106 cm³/mol. The Morgan fingerprint density at radius 3 is 1.37 bits per heavy atom. The lowest BCUT2D eigenvalue weighted by atomic mass is 9.83. The normalized spacial score (nSPS) is 11.4. The van der Waals surface area contributed by atoms with Crippen LogP contribution < -0.4 is 9.47 Å². The molecule has 2 aromatic carbocycles. The van der Waals surface area contributed by atoms with Gasteiger partial charge in [0.1, 0.15) is 11.5 Å². The Kier molecular flexibility index (Phi) is 5.82. The van der Waals surface area contributed by atoms with Gasteiger partial charge in [-0.3, -0.25) is 0 Å². The van der Waals surface area contributed by atoms with Gasteiger partial charge in [-0.15, -0.1) is 10.5 Å². The average Bonchev–Trinajstić information content (AvgIpc) is 2.56. The average molecular weight is 362 g/mol. The highest BCUT2D eigenvalue weighted by Crippen LogP contribution is 2.35. The Hall–Kier alpha value is -2.98. The topological polar surface area (TPSA) is 66.0 Å².